The molecule has 0 spiro atoms. The van der Waals surface area contributed by atoms with E-state index >= 15 is 0 Å². The minimum Gasteiger partial charge on any atom is -0.369 e. The Bertz CT molecular complexity index is 891. The molecule has 5 heteroatoms. The molecule has 1 aliphatic rings. The Balaban J connectivity index is 1.38. The number of nitrogens with zero attached hydrogens (tertiary/aromatic N) is 2. The predicted octanol–water partition coefficient (Wildman–Crippen LogP) is 3.98. The third kappa shape index (κ3) is 3.62. The van der Waals surface area contributed by atoms with E-state index in [-0.39, 0.29) is 0 Å². The van der Waals surface area contributed by atoms with Gasteiger partial charge in [0, 0.05) is 37.9 Å². The lowest BCUT2D eigenvalue weighted by molar-refractivity contribution is 0.196. The highest BCUT2D eigenvalue weighted by Crippen LogP contribution is 2.19. The maximum absolute atomic E-state index is 5.17. The van der Waals surface area contributed by atoms with Crippen molar-refractivity contribution in [2.24, 2.45) is 0 Å². The number of hydrogen-bond donors (Lipinski definition) is 2. The lowest BCUT2D eigenvalue weighted by Gasteiger charge is -2.39. The summed E-state index contributed by atoms with van der Waals surface area (Å²) in [4.78, 5) is 11.5. The van der Waals surface area contributed by atoms with Crippen LogP contribution in [0.15, 0.2) is 48.5 Å². The molecular formula is C20H24N4S. The molecule has 0 saturated carbocycles. The first kappa shape index (κ1) is 16.4. The molecule has 1 aromatic heterocycles. The second kappa shape index (κ2) is 7.02. The van der Waals surface area contributed by atoms with Crippen LogP contribution in [0.25, 0.3) is 11.0 Å². The molecule has 1 atom stereocenters. The van der Waals surface area contributed by atoms with E-state index in [9.17, 15) is 0 Å². The second-order valence-electron chi connectivity index (χ2n) is 6.87. The standard InChI is InChI=1S/C20H24N4S/c1-15(13-16-7-8-18-19(14-16)22-20(25)21-18)23-9-11-24(12-10-23)17-5-3-2-4-6-17/h2-8,14-15H,9-13H2,1H3,(H2,21,22,25). The van der Waals surface area contributed by atoms with Crippen LogP contribution in [0.3, 0.4) is 0 Å². The van der Waals surface area contributed by atoms with Gasteiger partial charge in [0.2, 0.25) is 0 Å². The molecule has 1 aliphatic heterocycles. The van der Waals surface area contributed by atoms with Gasteiger partial charge in [0.1, 0.15) is 0 Å². The van der Waals surface area contributed by atoms with Crippen LogP contribution in [0, 0.1) is 4.77 Å². The number of piperazine rings is 1. The molecule has 0 radical (unpaired) electrons. The molecule has 3 aromatic rings. The molecule has 4 nitrogen and oxygen atoms in total. The van der Waals surface area contributed by atoms with Crippen molar-refractivity contribution in [1.82, 2.24) is 14.9 Å². The number of benzene rings is 2. The van der Waals surface area contributed by atoms with Gasteiger partial charge in [0.15, 0.2) is 4.77 Å². The molecule has 0 amide bonds. The second-order valence-corrected chi connectivity index (χ2v) is 7.28. The van der Waals surface area contributed by atoms with Crippen molar-refractivity contribution < 1.29 is 0 Å². The predicted molar refractivity (Wildman–Crippen MR) is 107 cm³/mol. The molecule has 1 fully saturated rings. The van der Waals surface area contributed by atoms with Gasteiger partial charge in [-0.3, -0.25) is 4.90 Å². The molecule has 1 saturated heterocycles. The average molecular weight is 353 g/mol. The van der Waals surface area contributed by atoms with Crippen LogP contribution in [-0.2, 0) is 6.42 Å². The summed E-state index contributed by atoms with van der Waals surface area (Å²) in [6.45, 7) is 6.76. The van der Waals surface area contributed by atoms with E-state index < -0.39 is 0 Å². The van der Waals surface area contributed by atoms with Crippen LogP contribution < -0.4 is 4.90 Å². The molecule has 1 unspecified atom stereocenters. The van der Waals surface area contributed by atoms with Gasteiger partial charge in [-0.05, 0) is 55.4 Å². The van der Waals surface area contributed by atoms with E-state index in [1.165, 1.54) is 11.3 Å². The SMILES string of the molecule is CC(Cc1ccc2[nH]c(=S)[nH]c2c1)N1CCN(c2ccccc2)CC1. The lowest BCUT2D eigenvalue weighted by atomic mass is 10.0. The zero-order valence-corrected chi connectivity index (χ0v) is 15.4. The summed E-state index contributed by atoms with van der Waals surface area (Å²) in [5, 5.41) is 0. The zero-order chi connectivity index (χ0) is 17.2. The highest BCUT2D eigenvalue weighted by molar-refractivity contribution is 7.71. The van der Waals surface area contributed by atoms with Crippen LogP contribution in [0.5, 0.6) is 0 Å². The van der Waals surface area contributed by atoms with Crippen LogP contribution in [0.2, 0.25) is 0 Å². The number of fused-ring (bicyclic) bond motifs is 1. The molecule has 2 N–H and O–H groups in total. The van der Waals surface area contributed by atoms with Crippen molar-refractivity contribution in [3.63, 3.8) is 0 Å². The van der Waals surface area contributed by atoms with Crippen LogP contribution in [0.1, 0.15) is 12.5 Å². The van der Waals surface area contributed by atoms with Crippen LogP contribution in [0.4, 0.5) is 5.69 Å². The van der Waals surface area contributed by atoms with Gasteiger partial charge in [-0.1, -0.05) is 24.3 Å². The van der Waals surface area contributed by atoms with Crippen molar-refractivity contribution >= 4 is 28.9 Å². The van der Waals surface area contributed by atoms with Gasteiger partial charge >= 0.3 is 0 Å². The van der Waals surface area contributed by atoms with E-state index in [0.29, 0.717) is 10.8 Å². The minimum atomic E-state index is 0.539. The van der Waals surface area contributed by atoms with Gasteiger partial charge in [-0.15, -0.1) is 0 Å². The molecule has 130 valence electrons. The number of hydrogen-bond acceptors (Lipinski definition) is 3. The number of rotatable bonds is 4. The van der Waals surface area contributed by atoms with E-state index in [1.807, 2.05) is 0 Å². The Morgan fingerprint density at radius 3 is 2.44 bits per heavy atom. The van der Waals surface area contributed by atoms with Gasteiger partial charge in [0.25, 0.3) is 0 Å². The largest absolute Gasteiger partial charge is 0.369 e. The number of H-pyrrole nitrogens is 2. The number of anilines is 1. The fraction of sp³-hybridized carbons (Fsp3) is 0.350. The fourth-order valence-corrected chi connectivity index (χ4v) is 3.96. The summed E-state index contributed by atoms with van der Waals surface area (Å²) in [6, 6.07) is 17.8. The molecule has 0 aliphatic carbocycles. The Kier molecular flexibility index (Phi) is 4.59. The molecule has 25 heavy (non-hydrogen) atoms. The first-order chi connectivity index (χ1) is 12.2. The van der Waals surface area contributed by atoms with Gasteiger partial charge in [-0.2, -0.15) is 0 Å². The van der Waals surface area contributed by atoms with Crippen molar-refractivity contribution in [1.29, 1.82) is 0 Å². The molecule has 2 heterocycles. The van der Waals surface area contributed by atoms with Gasteiger partial charge in [-0.25, -0.2) is 0 Å². The number of aromatic amines is 2. The first-order valence-corrected chi connectivity index (χ1v) is 9.35. The highest BCUT2D eigenvalue weighted by Gasteiger charge is 2.21. The van der Waals surface area contributed by atoms with Crippen LogP contribution in [-0.4, -0.2) is 47.1 Å². The Labute approximate surface area is 153 Å². The maximum atomic E-state index is 5.17. The summed E-state index contributed by atoms with van der Waals surface area (Å²) in [5.74, 6) is 0. The zero-order valence-electron chi connectivity index (χ0n) is 14.5. The van der Waals surface area contributed by atoms with Crippen molar-refractivity contribution in [3.8, 4) is 0 Å². The van der Waals surface area contributed by atoms with E-state index in [0.717, 1.165) is 43.6 Å². The van der Waals surface area contributed by atoms with E-state index in [2.05, 4.69) is 75.2 Å². The highest BCUT2D eigenvalue weighted by atomic mass is 32.1. The molecular weight excluding hydrogens is 328 g/mol. The monoisotopic (exact) mass is 352 g/mol. The quantitative estimate of drug-likeness (QED) is 0.698. The summed E-state index contributed by atoms with van der Waals surface area (Å²) in [6.07, 6.45) is 1.06. The third-order valence-corrected chi connectivity index (χ3v) is 5.37. The van der Waals surface area contributed by atoms with Crippen molar-refractivity contribution in [2.45, 2.75) is 19.4 Å². The topological polar surface area (TPSA) is 38.1 Å². The first-order valence-electron chi connectivity index (χ1n) is 8.94. The summed E-state index contributed by atoms with van der Waals surface area (Å²) in [7, 11) is 0. The summed E-state index contributed by atoms with van der Waals surface area (Å²) >= 11 is 5.17. The molecule has 4 rings (SSSR count). The smallest absolute Gasteiger partial charge is 0.175 e. The minimum absolute atomic E-state index is 0.539. The lowest BCUT2D eigenvalue weighted by Crippen LogP contribution is -2.50. The number of para-hydroxylation sites is 1. The number of imidazole rings is 1. The number of aromatic nitrogens is 2. The number of nitrogens with one attached hydrogen (secondary N) is 2. The van der Waals surface area contributed by atoms with Gasteiger partial charge in [0.05, 0.1) is 11.0 Å². The average Bonchev–Trinajstić information content (AvgIpc) is 3.02. The van der Waals surface area contributed by atoms with Crippen LogP contribution >= 0.6 is 12.2 Å². The maximum Gasteiger partial charge on any atom is 0.175 e. The Morgan fingerprint density at radius 1 is 0.960 bits per heavy atom. The van der Waals surface area contributed by atoms with Crippen molar-refractivity contribution in [2.75, 3.05) is 31.1 Å². The fourth-order valence-electron chi connectivity index (χ4n) is 3.74. The summed E-state index contributed by atoms with van der Waals surface area (Å²) < 4.78 is 0.692. The van der Waals surface area contributed by atoms with Crippen molar-refractivity contribution in [3.05, 3.63) is 58.9 Å². The third-order valence-electron chi connectivity index (χ3n) is 5.17. The Hall–Kier alpha value is -2.11. The molecule has 0 bridgehead atoms. The summed E-state index contributed by atoms with van der Waals surface area (Å²) in [5.41, 5.74) is 4.88. The van der Waals surface area contributed by atoms with Gasteiger partial charge < -0.3 is 14.9 Å². The Morgan fingerprint density at radius 2 is 1.68 bits per heavy atom. The van der Waals surface area contributed by atoms with E-state index in [1.54, 1.807) is 0 Å². The van der Waals surface area contributed by atoms with E-state index in [4.69, 9.17) is 12.2 Å². The molecule has 2 aromatic carbocycles. The normalized spacial score (nSPS) is 17.1.